The number of piperazine rings is 1. The van der Waals surface area contributed by atoms with Gasteiger partial charge in [0.1, 0.15) is 29.1 Å². The average Bonchev–Trinajstić information content (AvgIpc) is 3.13. The first-order valence-corrected chi connectivity index (χ1v) is 10.8. The molecule has 10 heteroatoms. The number of aromatic nitrogens is 4. The summed E-state index contributed by atoms with van der Waals surface area (Å²) in [5.41, 5.74) is 8.48. The molecular formula is C22H23ClFN7O. The van der Waals surface area contributed by atoms with E-state index in [4.69, 9.17) is 22.1 Å². The van der Waals surface area contributed by atoms with Crippen LogP contribution in [0.1, 0.15) is 11.3 Å². The molecule has 2 aromatic heterocycles. The predicted octanol–water partition coefficient (Wildman–Crippen LogP) is 2.94. The molecule has 5 rings (SSSR count). The third-order valence-corrected chi connectivity index (χ3v) is 6.02. The van der Waals surface area contributed by atoms with Gasteiger partial charge in [-0.1, -0.05) is 23.8 Å². The number of nitrogen functional groups attached to an aromatic ring is 1. The van der Waals surface area contributed by atoms with Crippen molar-refractivity contribution in [3.05, 3.63) is 58.8 Å². The highest BCUT2D eigenvalue weighted by Gasteiger charge is 2.32. The molecule has 2 N–H and O–H groups in total. The number of nitrogens with two attached hydrogens (primary N) is 1. The Kier molecular flexibility index (Phi) is 5.44. The molecule has 8 nitrogen and oxygen atoms in total. The van der Waals surface area contributed by atoms with Gasteiger partial charge in [0.15, 0.2) is 0 Å². The van der Waals surface area contributed by atoms with Crippen LogP contribution in [0.4, 0.5) is 15.9 Å². The number of hydrogen-bond acceptors (Lipinski definition) is 7. The van der Waals surface area contributed by atoms with E-state index < -0.39 is 0 Å². The molecule has 0 saturated carbocycles. The lowest BCUT2D eigenvalue weighted by atomic mass is 10.1. The van der Waals surface area contributed by atoms with Crippen molar-refractivity contribution >= 4 is 29.2 Å². The van der Waals surface area contributed by atoms with E-state index in [0.717, 1.165) is 48.9 Å². The molecule has 0 bridgehead atoms. The Morgan fingerprint density at radius 1 is 1.28 bits per heavy atom. The van der Waals surface area contributed by atoms with Gasteiger partial charge in [-0.15, -0.1) is 0 Å². The van der Waals surface area contributed by atoms with Crippen LogP contribution >= 0.6 is 11.6 Å². The second kappa shape index (κ2) is 8.40. The van der Waals surface area contributed by atoms with Crippen LogP contribution in [0.15, 0.2) is 36.5 Å². The minimum Gasteiger partial charge on any atom is -0.489 e. The molecule has 0 spiro atoms. The van der Waals surface area contributed by atoms with E-state index in [9.17, 15) is 4.39 Å². The van der Waals surface area contributed by atoms with Crippen molar-refractivity contribution in [1.82, 2.24) is 24.6 Å². The molecule has 2 aliphatic rings. The smallest absolute Gasteiger partial charge is 0.254 e. The molecule has 2 aliphatic heterocycles. The summed E-state index contributed by atoms with van der Waals surface area (Å²) in [5.74, 6) is 1.16. The van der Waals surface area contributed by atoms with Crippen LogP contribution in [-0.2, 0) is 0 Å². The minimum atomic E-state index is -0.236. The Morgan fingerprint density at radius 3 is 3.00 bits per heavy atom. The largest absolute Gasteiger partial charge is 0.489 e. The fraction of sp³-hybridized carbons (Fsp3) is 0.318. The summed E-state index contributed by atoms with van der Waals surface area (Å²) in [4.78, 5) is 13.0. The van der Waals surface area contributed by atoms with Crippen molar-refractivity contribution in [2.45, 2.75) is 13.0 Å². The van der Waals surface area contributed by atoms with E-state index in [1.807, 2.05) is 13.0 Å². The molecular weight excluding hydrogens is 433 g/mol. The fourth-order valence-electron chi connectivity index (χ4n) is 4.20. The number of nitrogens with zero attached hydrogens (tertiary/aromatic N) is 6. The predicted molar refractivity (Wildman–Crippen MR) is 122 cm³/mol. The number of hydrogen-bond donors (Lipinski definition) is 1. The van der Waals surface area contributed by atoms with Crippen LogP contribution in [0.25, 0.3) is 12.0 Å². The van der Waals surface area contributed by atoms with Gasteiger partial charge in [-0.3, -0.25) is 4.90 Å². The van der Waals surface area contributed by atoms with Crippen molar-refractivity contribution in [2.75, 3.05) is 43.4 Å². The zero-order valence-corrected chi connectivity index (χ0v) is 18.3. The van der Waals surface area contributed by atoms with Crippen LogP contribution in [-0.4, -0.2) is 63.5 Å². The fourth-order valence-corrected chi connectivity index (χ4v) is 4.39. The quantitative estimate of drug-likeness (QED) is 0.605. The van der Waals surface area contributed by atoms with E-state index in [0.29, 0.717) is 18.4 Å². The minimum absolute atomic E-state index is 0.210. The molecule has 166 valence electrons. The first kappa shape index (κ1) is 20.7. The van der Waals surface area contributed by atoms with E-state index in [2.05, 4.69) is 30.9 Å². The van der Waals surface area contributed by atoms with Crippen molar-refractivity contribution in [3.8, 4) is 11.7 Å². The maximum atomic E-state index is 13.7. The maximum absolute atomic E-state index is 13.7. The zero-order valence-electron chi connectivity index (χ0n) is 17.6. The number of halogens is 2. The summed E-state index contributed by atoms with van der Waals surface area (Å²) in [6, 6.07) is 6.42. The van der Waals surface area contributed by atoms with Crippen LogP contribution in [0, 0.1) is 12.7 Å². The van der Waals surface area contributed by atoms with E-state index >= 15 is 0 Å². The molecule has 1 fully saturated rings. The lowest BCUT2D eigenvalue weighted by molar-refractivity contribution is 0.177. The topological polar surface area (TPSA) is 85.3 Å². The normalized spacial score (nSPS) is 18.5. The first-order valence-electron chi connectivity index (χ1n) is 10.4. The molecule has 0 radical (unpaired) electrons. The van der Waals surface area contributed by atoms with Crippen molar-refractivity contribution < 1.29 is 9.13 Å². The Bertz CT molecular complexity index is 1160. The van der Waals surface area contributed by atoms with E-state index in [1.165, 1.54) is 12.1 Å². The molecule has 1 aromatic carbocycles. The molecule has 1 unspecified atom stereocenters. The lowest BCUT2D eigenvalue weighted by Gasteiger charge is -2.45. The Morgan fingerprint density at radius 2 is 2.16 bits per heavy atom. The second-order valence-corrected chi connectivity index (χ2v) is 8.33. The van der Waals surface area contributed by atoms with Gasteiger partial charge in [0.05, 0.1) is 23.6 Å². The molecule has 0 amide bonds. The molecule has 1 atom stereocenters. The highest BCUT2D eigenvalue weighted by molar-refractivity contribution is 6.29. The first-order chi connectivity index (χ1) is 15.5. The van der Waals surface area contributed by atoms with Crippen LogP contribution < -0.4 is 15.4 Å². The Balaban J connectivity index is 1.24. The van der Waals surface area contributed by atoms with E-state index in [-0.39, 0.29) is 17.0 Å². The van der Waals surface area contributed by atoms with Gasteiger partial charge >= 0.3 is 0 Å². The summed E-state index contributed by atoms with van der Waals surface area (Å²) in [6.45, 7) is 5.93. The highest BCUT2D eigenvalue weighted by atomic mass is 35.5. The number of anilines is 2. The maximum Gasteiger partial charge on any atom is 0.254 e. The van der Waals surface area contributed by atoms with E-state index in [1.54, 1.807) is 23.0 Å². The summed E-state index contributed by atoms with van der Waals surface area (Å²) >= 11 is 5.99. The van der Waals surface area contributed by atoms with Gasteiger partial charge < -0.3 is 15.4 Å². The SMILES string of the molecule is Cc1c(/C=C/CN2CCN3c4cc(F)ccc4OCC3C2)cnn1-c1nc(N)cc(Cl)n1. The van der Waals surface area contributed by atoms with Crippen LogP contribution in [0.3, 0.4) is 0 Å². The molecule has 4 heterocycles. The molecule has 32 heavy (non-hydrogen) atoms. The second-order valence-electron chi connectivity index (χ2n) is 7.94. The molecule has 1 saturated heterocycles. The van der Waals surface area contributed by atoms with Crippen molar-refractivity contribution in [2.24, 2.45) is 0 Å². The summed E-state index contributed by atoms with van der Waals surface area (Å²) < 4.78 is 21.2. The summed E-state index contributed by atoms with van der Waals surface area (Å²) in [6.07, 6.45) is 5.93. The van der Waals surface area contributed by atoms with Gasteiger partial charge in [0, 0.05) is 43.9 Å². The van der Waals surface area contributed by atoms with Crippen molar-refractivity contribution in [3.63, 3.8) is 0 Å². The van der Waals surface area contributed by atoms with Crippen molar-refractivity contribution in [1.29, 1.82) is 0 Å². The highest BCUT2D eigenvalue weighted by Crippen LogP contribution is 2.35. The number of benzene rings is 1. The van der Waals surface area contributed by atoms with Gasteiger partial charge in [-0.05, 0) is 19.1 Å². The number of ether oxygens (including phenoxy) is 1. The van der Waals surface area contributed by atoms with Gasteiger partial charge in [-0.2, -0.15) is 15.1 Å². The lowest BCUT2D eigenvalue weighted by Crippen LogP contribution is -2.57. The van der Waals surface area contributed by atoms with Crippen LogP contribution in [0.2, 0.25) is 5.15 Å². The van der Waals surface area contributed by atoms with Gasteiger partial charge in [0.25, 0.3) is 5.95 Å². The summed E-state index contributed by atoms with van der Waals surface area (Å²) in [7, 11) is 0. The number of rotatable bonds is 4. The Hall–Kier alpha value is -3.17. The average molecular weight is 456 g/mol. The molecule has 3 aromatic rings. The monoisotopic (exact) mass is 455 g/mol. The Labute approximate surface area is 190 Å². The third-order valence-electron chi connectivity index (χ3n) is 5.83. The molecule has 0 aliphatic carbocycles. The third kappa shape index (κ3) is 4.01. The van der Waals surface area contributed by atoms with Crippen LogP contribution in [0.5, 0.6) is 5.75 Å². The zero-order chi connectivity index (χ0) is 22.2. The standard InChI is InChI=1S/C22H23ClFN7O/c1-14-15(11-26-31(14)22-27-20(23)10-21(25)28-22)3-2-6-29-7-8-30-17(12-29)13-32-19-5-4-16(24)9-18(19)30/h2-5,9-11,17H,6-8,12-13H2,1H3,(H2,25,27,28)/b3-2+. The van der Waals surface area contributed by atoms with Gasteiger partial charge in [0.2, 0.25) is 0 Å². The summed E-state index contributed by atoms with van der Waals surface area (Å²) in [5, 5.41) is 4.65. The van der Waals surface area contributed by atoms with Gasteiger partial charge in [-0.25, -0.2) is 9.07 Å². The number of fused-ring (bicyclic) bond motifs is 3.